The normalized spacial score (nSPS) is 22.7. The Kier molecular flexibility index (Phi) is 13.3. The number of hydrogen-bond donors (Lipinski definition) is 4. The number of hydrogen-bond acceptors (Lipinski definition) is 10. The summed E-state index contributed by atoms with van der Waals surface area (Å²) >= 11 is 0. The van der Waals surface area contributed by atoms with Crippen LogP contribution in [-0.2, 0) is 48.0 Å². The molecule has 5 atom stereocenters. The van der Waals surface area contributed by atoms with Crippen LogP contribution in [0.5, 0.6) is 5.75 Å². The molecule has 5 heterocycles. The van der Waals surface area contributed by atoms with Crippen molar-refractivity contribution in [3.8, 4) is 28.1 Å². The number of hydrazine groups is 1. The van der Waals surface area contributed by atoms with Crippen molar-refractivity contribution in [1.29, 1.82) is 0 Å². The quantitative estimate of drug-likeness (QED) is 0.155. The topological polar surface area (TPSA) is 167 Å². The molecule has 0 spiro atoms. The van der Waals surface area contributed by atoms with E-state index in [9.17, 15) is 24.3 Å². The average molecular weight is 868 g/mol. The first-order valence-corrected chi connectivity index (χ1v) is 22.1. The molecule has 0 saturated carbocycles. The highest BCUT2D eigenvalue weighted by molar-refractivity contribution is 5.96. The number of alkyl halides is 1. The molecule has 0 unspecified atom stereocenters. The zero-order chi connectivity index (χ0) is 45.4. The van der Waals surface area contributed by atoms with Gasteiger partial charge in [0.2, 0.25) is 11.6 Å². The van der Waals surface area contributed by atoms with Crippen LogP contribution in [-0.4, -0.2) is 112 Å². The van der Waals surface area contributed by atoms with E-state index < -0.39 is 58.8 Å². The third kappa shape index (κ3) is 9.32. The van der Waals surface area contributed by atoms with E-state index in [-0.39, 0.29) is 44.4 Å². The van der Waals surface area contributed by atoms with Gasteiger partial charge in [0.05, 0.1) is 24.1 Å². The van der Waals surface area contributed by atoms with Crippen molar-refractivity contribution in [3.05, 3.63) is 71.5 Å². The van der Waals surface area contributed by atoms with Gasteiger partial charge >= 0.3 is 5.97 Å². The van der Waals surface area contributed by atoms with Crippen LogP contribution in [0.2, 0.25) is 0 Å². The van der Waals surface area contributed by atoms with Crippen LogP contribution < -0.4 is 16.1 Å². The number of nitrogens with zero attached hydrogens (tertiary/aromatic N) is 4. The molecule has 14 nitrogen and oxygen atoms in total. The molecule has 2 aromatic heterocycles. The number of amides is 3. The minimum atomic E-state index is -2.15. The van der Waals surface area contributed by atoms with Gasteiger partial charge in [0.25, 0.3) is 11.8 Å². The van der Waals surface area contributed by atoms with Gasteiger partial charge in [0, 0.05) is 74.7 Å². The lowest BCUT2D eigenvalue weighted by Crippen LogP contribution is -2.62. The van der Waals surface area contributed by atoms with Gasteiger partial charge in [-0.15, -0.1) is 0 Å². The van der Waals surface area contributed by atoms with Gasteiger partial charge in [-0.25, -0.2) is 9.82 Å². The Hall–Kier alpha value is -5.38. The lowest BCUT2D eigenvalue weighted by molar-refractivity contribution is -0.155. The number of phenols is 1. The summed E-state index contributed by atoms with van der Waals surface area (Å²) in [6.07, 6.45) is 2.88. The number of phenolic OH excluding ortho intramolecular Hbond substituents is 1. The van der Waals surface area contributed by atoms with Crippen molar-refractivity contribution in [2.45, 2.75) is 110 Å². The fourth-order valence-electron chi connectivity index (χ4n) is 9.54. The van der Waals surface area contributed by atoms with Crippen molar-refractivity contribution >= 4 is 34.6 Å². The maximum atomic E-state index is 15.7. The summed E-state index contributed by atoms with van der Waals surface area (Å²) in [5.74, 6) is -2.90. The molecule has 63 heavy (non-hydrogen) atoms. The highest BCUT2D eigenvalue weighted by Gasteiger charge is 2.47. The minimum absolute atomic E-state index is 0.00970. The number of cyclic esters (lactones) is 1. The van der Waals surface area contributed by atoms with E-state index >= 15 is 4.39 Å². The molecule has 2 fully saturated rings. The molecule has 4 N–H and O–H groups in total. The SMILES string of the molecule is CCn1c(-c2cccnc2[C@H](C)OC)c2c3cc(ccc31)-c1cc(O)cc(c1)C[C@H](NC(=O)[C@H](C(C)C)N(C)C(=O)[C@@]1(F)CCNC1)C(=O)N1CCC[C@H](N1)C(=O)OCC(C)(C)C2. The van der Waals surface area contributed by atoms with Gasteiger partial charge in [-0.3, -0.25) is 29.2 Å². The highest BCUT2D eigenvalue weighted by Crippen LogP contribution is 2.42. The monoisotopic (exact) mass is 867 g/mol. The predicted octanol–water partition coefficient (Wildman–Crippen LogP) is 5.64. The standard InChI is InChI=1S/C48H62FN7O7/c1-9-55-39-15-14-31-24-35(39)36(42(55)34-12-10-17-51-40(34)29(4)62-8)25-47(5,6)27-63-45(60)37-13-11-19-56(53-37)44(59)38(22-30-20-32(31)23-33(57)21-30)52-43(58)41(28(2)3)54(7)46(61)48(49)16-18-50-26-48/h10,12,14-15,17,20-21,23-24,28-29,37-38,41,50,53,57H,9,11,13,16,18-19,22,25-27H2,1-8H3,(H,52,58)/t29-,37-,38-,41-,48+/m0/s1. The molecule has 2 aromatic carbocycles. The summed E-state index contributed by atoms with van der Waals surface area (Å²) in [7, 11) is 3.08. The summed E-state index contributed by atoms with van der Waals surface area (Å²) in [4.78, 5) is 62.3. The number of aryl methyl sites for hydroxylation is 1. The number of fused-ring (bicyclic) bond motifs is 6. The number of carbonyl (C=O) groups excluding carboxylic acids is 4. The van der Waals surface area contributed by atoms with Gasteiger partial charge in [0.15, 0.2) is 0 Å². The average Bonchev–Trinajstić information content (AvgIpc) is 3.84. The number of nitrogens with one attached hydrogen (secondary N) is 3. The molecule has 7 rings (SSSR count). The fourth-order valence-corrected chi connectivity index (χ4v) is 9.54. The molecule has 3 amide bonds. The number of carbonyl (C=O) groups is 4. The molecule has 2 saturated heterocycles. The second-order valence-corrected chi connectivity index (χ2v) is 18.5. The van der Waals surface area contributed by atoms with Gasteiger partial charge in [0.1, 0.15) is 23.9 Å². The molecule has 6 bridgehead atoms. The van der Waals surface area contributed by atoms with Gasteiger partial charge in [-0.05, 0) is 104 Å². The largest absolute Gasteiger partial charge is 0.508 e. The number of halogens is 1. The molecule has 15 heteroatoms. The molecular formula is C48H62FN7O7. The Morgan fingerprint density at radius 1 is 1.13 bits per heavy atom. The number of aromatic nitrogens is 2. The first kappa shape index (κ1) is 45.6. The van der Waals surface area contributed by atoms with E-state index in [1.165, 1.54) is 12.1 Å². The molecule has 4 aromatic rings. The van der Waals surface area contributed by atoms with Crippen LogP contribution in [0.15, 0.2) is 54.7 Å². The maximum absolute atomic E-state index is 15.7. The van der Waals surface area contributed by atoms with Crippen molar-refractivity contribution in [2.75, 3.05) is 40.4 Å². The second-order valence-electron chi connectivity index (χ2n) is 18.5. The molecule has 3 aliphatic heterocycles. The molecule has 0 radical (unpaired) electrons. The van der Waals surface area contributed by atoms with E-state index in [0.29, 0.717) is 43.5 Å². The van der Waals surface area contributed by atoms with Gasteiger partial charge < -0.3 is 34.7 Å². The summed E-state index contributed by atoms with van der Waals surface area (Å²) in [5.41, 5.74) is 7.25. The van der Waals surface area contributed by atoms with Crippen LogP contribution in [0, 0.1) is 11.3 Å². The third-order valence-corrected chi connectivity index (χ3v) is 12.8. The first-order chi connectivity index (χ1) is 29.9. The molecular weight excluding hydrogens is 806 g/mol. The van der Waals surface area contributed by atoms with Crippen LogP contribution in [0.1, 0.15) is 83.7 Å². The number of aromatic hydroxyl groups is 1. The van der Waals surface area contributed by atoms with Crippen LogP contribution >= 0.6 is 0 Å². The first-order valence-electron chi connectivity index (χ1n) is 22.1. The van der Waals surface area contributed by atoms with Crippen LogP contribution in [0.25, 0.3) is 33.3 Å². The van der Waals surface area contributed by atoms with Gasteiger partial charge in [-0.2, -0.15) is 0 Å². The summed E-state index contributed by atoms with van der Waals surface area (Å²) in [5, 5.41) is 19.4. The number of benzene rings is 2. The lowest BCUT2D eigenvalue weighted by Gasteiger charge is -2.37. The number of rotatable bonds is 9. The summed E-state index contributed by atoms with van der Waals surface area (Å²) < 4.78 is 29.9. The second kappa shape index (κ2) is 18.4. The Bertz CT molecular complexity index is 2370. The van der Waals surface area contributed by atoms with E-state index in [4.69, 9.17) is 14.5 Å². The minimum Gasteiger partial charge on any atom is -0.508 e. The zero-order valence-corrected chi connectivity index (χ0v) is 37.7. The maximum Gasteiger partial charge on any atom is 0.324 e. The zero-order valence-electron chi connectivity index (χ0n) is 37.7. The van der Waals surface area contributed by atoms with Crippen LogP contribution in [0.3, 0.4) is 0 Å². The van der Waals surface area contributed by atoms with Crippen LogP contribution in [0.4, 0.5) is 4.39 Å². The Balaban J connectivity index is 1.35. The van der Waals surface area contributed by atoms with E-state index in [1.54, 1.807) is 39.3 Å². The molecule has 338 valence electrons. The summed E-state index contributed by atoms with van der Waals surface area (Å²) in [6.45, 7) is 12.9. The summed E-state index contributed by atoms with van der Waals surface area (Å²) in [6, 6.07) is 12.2. The van der Waals surface area contributed by atoms with E-state index in [1.807, 2.05) is 25.1 Å². The Morgan fingerprint density at radius 2 is 1.90 bits per heavy atom. The van der Waals surface area contributed by atoms with E-state index in [0.717, 1.165) is 43.9 Å². The Morgan fingerprint density at radius 3 is 2.60 bits per heavy atom. The van der Waals surface area contributed by atoms with Crippen molar-refractivity contribution in [2.24, 2.45) is 11.3 Å². The van der Waals surface area contributed by atoms with E-state index in [2.05, 4.69) is 59.6 Å². The number of ether oxygens (including phenoxy) is 2. The fraction of sp³-hybridized carbons (Fsp3) is 0.521. The van der Waals surface area contributed by atoms with Crippen molar-refractivity contribution < 1.29 is 38.1 Å². The predicted molar refractivity (Wildman–Crippen MR) is 238 cm³/mol. The number of methoxy groups -OCH3 is 1. The number of pyridine rings is 1. The smallest absolute Gasteiger partial charge is 0.324 e. The van der Waals surface area contributed by atoms with Gasteiger partial charge in [-0.1, -0.05) is 39.8 Å². The Labute approximate surface area is 368 Å². The van der Waals surface area contributed by atoms with Crippen molar-refractivity contribution in [3.63, 3.8) is 0 Å². The lowest BCUT2D eigenvalue weighted by atomic mass is 9.84. The number of likely N-dealkylation sites (N-methyl/N-ethyl adjacent to an activating group) is 1. The molecule has 0 aliphatic carbocycles. The highest BCUT2D eigenvalue weighted by atomic mass is 19.1. The number of esters is 1. The van der Waals surface area contributed by atoms with Crippen molar-refractivity contribution in [1.82, 2.24) is 35.5 Å². The molecule has 3 aliphatic rings. The third-order valence-electron chi connectivity index (χ3n) is 12.8.